The Morgan fingerprint density at radius 3 is 2.67 bits per heavy atom. The maximum absolute atomic E-state index is 12.4. The van der Waals surface area contributed by atoms with Crippen molar-refractivity contribution in [2.24, 2.45) is 0 Å². The predicted octanol–water partition coefficient (Wildman–Crippen LogP) is 1.47. The zero-order chi connectivity index (χ0) is 15.6. The number of benzene rings is 1. The molecule has 0 spiro atoms. The molecule has 0 amide bonds. The number of aromatic carboxylic acids is 1. The maximum Gasteiger partial charge on any atom is 0.337 e. The van der Waals surface area contributed by atoms with Gasteiger partial charge in [0.2, 0.25) is 0 Å². The Morgan fingerprint density at radius 1 is 1.33 bits per heavy atom. The average Bonchev–Trinajstić information content (AvgIpc) is 2.41. The van der Waals surface area contributed by atoms with Crippen molar-refractivity contribution in [1.29, 1.82) is 0 Å². The van der Waals surface area contributed by atoms with E-state index < -0.39 is 20.9 Å². The van der Waals surface area contributed by atoms with Gasteiger partial charge in [-0.25, -0.2) is 13.2 Å². The number of hydrogen-bond donors (Lipinski definition) is 3. The number of pyridine rings is 1. The minimum atomic E-state index is -4.08. The topological polar surface area (TPSA) is 122 Å². The summed E-state index contributed by atoms with van der Waals surface area (Å²) in [5.74, 6) is -1.35. The van der Waals surface area contributed by atoms with E-state index in [4.69, 9.17) is 10.8 Å². The van der Waals surface area contributed by atoms with E-state index in [1.165, 1.54) is 18.5 Å². The Balaban J connectivity index is 2.52. The Morgan fingerprint density at radius 2 is 2.05 bits per heavy atom. The van der Waals surface area contributed by atoms with Gasteiger partial charge >= 0.3 is 5.97 Å². The van der Waals surface area contributed by atoms with Crippen LogP contribution in [0.3, 0.4) is 0 Å². The lowest BCUT2D eigenvalue weighted by Crippen LogP contribution is -2.18. The molecule has 1 aromatic carbocycles. The van der Waals surface area contributed by atoms with Crippen molar-refractivity contribution in [2.75, 3.05) is 10.5 Å². The number of hydrogen-bond acceptors (Lipinski definition) is 5. The largest absolute Gasteiger partial charge is 0.478 e. The fourth-order valence-electron chi connectivity index (χ4n) is 1.71. The highest BCUT2D eigenvalue weighted by Gasteiger charge is 2.23. The van der Waals surface area contributed by atoms with Crippen LogP contribution in [0, 0.1) is 6.92 Å². The van der Waals surface area contributed by atoms with E-state index in [-0.39, 0.29) is 16.9 Å². The first-order valence-corrected chi connectivity index (χ1v) is 7.36. The number of nitrogens with one attached hydrogen (secondary N) is 1. The predicted molar refractivity (Wildman–Crippen MR) is 77.6 cm³/mol. The van der Waals surface area contributed by atoms with Crippen molar-refractivity contribution in [3.8, 4) is 0 Å². The second-order valence-corrected chi connectivity index (χ2v) is 6.01. The lowest BCUT2D eigenvalue weighted by Gasteiger charge is -2.12. The first kappa shape index (κ1) is 14.8. The van der Waals surface area contributed by atoms with Crippen LogP contribution >= 0.6 is 0 Å². The summed E-state index contributed by atoms with van der Waals surface area (Å²) in [7, 11) is -4.08. The Hall–Kier alpha value is -2.61. The molecular weight excluding hydrogens is 294 g/mol. The molecule has 2 rings (SSSR count). The summed E-state index contributed by atoms with van der Waals surface area (Å²) in [5, 5.41) is 9.10. The fourth-order valence-corrected chi connectivity index (χ4v) is 3.06. The summed E-state index contributed by atoms with van der Waals surface area (Å²) < 4.78 is 27.1. The molecule has 0 aliphatic rings. The smallest absolute Gasteiger partial charge is 0.337 e. The molecule has 21 heavy (non-hydrogen) atoms. The standard InChI is InChI=1S/C13H13N3O4S/c1-8-4-5-15-7-11(8)16-21(19,20)12-6-9(14)2-3-10(12)13(17)18/h2-7,16H,14H2,1H3,(H,17,18). The van der Waals surface area contributed by atoms with Crippen molar-refractivity contribution in [3.05, 3.63) is 47.8 Å². The molecule has 1 heterocycles. The van der Waals surface area contributed by atoms with Gasteiger partial charge in [0.05, 0.1) is 17.4 Å². The van der Waals surface area contributed by atoms with Gasteiger partial charge < -0.3 is 10.8 Å². The number of anilines is 2. The van der Waals surface area contributed by atoms with Gasteiger partial charge in [-0.1, -0.05) is 0 Å². The molecule has 0 aliphatic heterocycles. The highest BCUT2D eigenvalue weighted by molar-refractivity contribution is 7.92. The number of rotatable bonds is 4. The minimum Gasteiger partial charge on any atom is -0.478 e. The number of carboxylic acid groups (broad SMARTS) is 1. The van der Waals surface area contributed by atoms with Crippen molar-refractivity contribution in [3.63, 3.8) is 0 Å². The normalized spacial score (nSPS) is 11.1. The van der Waals surface area contributed by atoms with E-state index in [0.29, 0.717) is 5.56 Å². The number of carboxylic acids is 1. The van der Waals surface area contributed by atoms with Crippen LogP contribution in [0.2, 0.25) is 0 Å². The molecule has 7 nitrogen and oxygen atoms in total. The summed E-state index contributed by atoms with van der Waals surface area (Å²) in [6, 6.07) is 5.23. The van der Waals surface area contributed by atoms with Gasteiger partial charge in [0.15, 0.2) is 0 Å². The van der Waals surface area contributed by atoms with Gasteiger partial charge in [0.1, 0.15) is 4.90 Å². The third-order valence-corrected chi connectivity index (χ3v) is 4.21. The van der Waals surface area contributed by atoms with Crippen LogP contribution in [0.25, 0.3) is 0 Å². The maximum atomic E-state index is 12.4. The van der Waals surface area contributed by atoms with Crippen molar-refractivity contribution in [2.45, 2.75) is 11.8 Å². The summed E-state index contributed by atoms with van der Waals surface area (Å²) in [6.07, 6.45) is 2.87. The van der Waals surface area contributed by atoms with Crippen molar-refractivity contribution in [1.82, 2.24) is 4.98 Å². The summed E-state index contributed by atoms with van der Waals surface area (Å²) in [5.41, 5.74) is 6.29. The molecule has 0 fully saturated rings. The quantitative estimate of drug-likeness (QED) is 0.735. The number of nitrogens with zero attached hydrogens (tertiary/aromatic N) is 1. The monoisotopic (exact) mass is 307 g/mol. The number of aromatic nitrogens is 1. The number of carbonyl (C=O) groups is 1. The zero-order valence-corrected chi connectivity index (χ0v) is 11.9. The molecule has 0 aliphatic carbocycles. The highest BCUT2D eigenvalue weighted by atomic mass is 32.2. The summed E-state index contributed by atoms with van der Waals surface area (Å²) in [6.45, 7) is 1.71. The molecule has 1 aromatic heterocycles. The lowest BCUT2D eigenvalue weighted by atomic mass is 10.2. The first-order valence-electron chi connectivity index (χ1n) is 5.87. The molecule has 110 valence electrons. The van der Waals surface area contributed by atoms with E-state index in [2.05, 4.69) is 9.71 Å². The molecule has 0 saturated carbocycles. The summed E-state index contributed by atoms with van der Waals surface area (Å²) >= 11 is 0. The molecule has 8 heteroatoms. The lowest BCUT2D eigenvalue weighted by molar-refractivity contribution is 0.0692. The molecule has 0 saturated heterocycles. The Kier molecular flexibility index (Phi) is 3.81. The van der Waals surface area contributed by atoms with E-state index in [0.717, 1.165) is 12.1 Å². The fraction of sp³-hybridized carbons (Fsp3) is 0.0769. The number of aryl methyl sites for hydroxylation is 1. The number of sulfonamides is 1. The Labute approximate surface area is 121 Å². The van der Waals surface area contributed by atoms with E-state index in [9.17, 15) is 13.2 Å². The van der Waals surface area contributed by atoms with Crippen LogP contribution in [0.1, 0.15) is 15.9 Å². The minimum absolute atomic E-state index is 0.156. The van der Waals surface area contributed by atoms with E-state index in [1.54, 1.807) is 13.0 Å². The van der Waals surface area contributed by atoms with Gasteiger partial charge in [-0.2, -0.15) is 0 Å². The van der Waals surface area contributed by atoms with Crippen LogP contribution in [0.5, 0.6) is 0 Å². The zero-order valence-electron chi connectivity index (χ0n) is 11.1. The molecular formula is C13H13N3O4S. The van der Waals surface area contributed by atoms with Gasteiger partial charge in [-0.15, -0.1) is 0 Å². The SMILES string of the molecule is Cc1ccncc1NS(=O)(=O)c1cc(N)ccc1C(=O)O. The van der Waals surface area contributed by atoms with Crippen LogP contribution in [0.4, 0.5) is 11.4 Å². The third kappa shape index (κ3) is 3.11. The highest BCUT2D eigenvalue weighted by Crippen LogP contribution is 2.23. The van der Waals surface area contributed by atoms with Crippen LogP contribution in [-0.4, -0.2) is 24.5 Å². The van der Waals surface area contributed by atoms with E-state index >= 15 is 0 Å². The van der Waals surface area contributed by atoms with Gasteiger partial charge in [0, 0.05) is 11.9 Å². The van der Waals surface area contributed by atoms with Crippen molar-refractivity contribution >= 4 is 27.4 Å². The number of nitrogens with two attached hydrogens (primary N) is 1. The Bertz CT molecular complexity index is 803. The molecule has 4 N–H and O–H groups in total. The van der Waals surface area contributed by atoms with Crippen molar-refractivity contribution < 1.29 is 18.3 Å². The number of nitrogen functional groups attached to an aromatic ring is 1. The molecule has 0 radical (unpaired) electrons. The van der Waals surface area contributed by atoms with Crippen LogP contribution < -0.4 is 10.5 Å². The molecule has 0 bridgehead atoms. The summed E-state index contributed by atoms with van der Waals surface area (Å²) in [4.78, 5) is 14.6. The second kappa shape index (κ2) is 5.41. The van der Waals surface area contributed by atoms with Crippen LogP contribution in [0.15, 0.2) is 41.6 Å². The second-order valence-electron chi connectivity index (χ2n) is 4.36. The molecule has 2 aromatic rings. The van der Waals surface area contributed by atoms with E-state index in [1.807, 2.05) is 0 Å². The molecule has 0 unspecified atom stereocenters. The van der Waals surface area contributed by atoms with Gasteiger partial charge in [0.25, 0.3) is 10.0 Å². The van der Waals surface area contributed by atoms with Gasteiger partial charge in [-0.3, -0.25) is 9.71 Å². The third-order valence-electron chi connectivity index (χ3n) is 2.81. The average molecular weight is 307 g/mol. The first-order chi connectivity index (χ1) is 9.81. The molecule has 0 atom stereocenters. The van der Waals surface area contributed by atoms with Gasteiger partial charge in [-0.05, 0) is 36.8 Å². The van der Waals surface area contributed by atoms with Crippen LogP contribution in [-0.2, 0) is 10.0 Å².